The second-order valence-corrected chi connectivity index (χ2v) is 10.1. The van der Waals surface area contributed by atoms with Crippen LogP contribution >= 0.6 is 0 Å². The molecule has 0 amide bonds. The zero-order chi connectivity index (χ0) is 11.6. The third kappa shape index (κ3) is 1.96. The van der Waals surface area contributed by atoms with E-state index >= 15 is 0 Å². The standard InChI is InChI=1S/C13H24OSi/c1-6-15(7-2,8-3)13-11(5)10(4)9-12(13)14/h10H,6-9H2,1-5H3. The molecule has 86 valence electrons. The molecular formula is C13H24OSi. The maximum atomic E-state index is 12.1. The highest BCUT2D eigenvalue weighted by Crippen LogP contribution is 2.39. The Labute approximate surface area is 95.0 Å². The van der Waals surface area contributed by atoms with Crippen LogP contribution in [0.4, 0.5) is 0 Å². The first-order chi connectivity index (χ1) is 7.02. The number of allylic oxidation sites excluding steroid dienone is 2. The Morgan fingerprint density at radius 1 is 1.20 bits per heavy atom. The summed E-state index contributed by atoms with van der Waals surface area (Å²) in [7, 11) is -1.42. The van der Waals surface area contributed by atoms with Crippen LogP contribution in [0.2, 0.25) is 18.1 Å². The molecule has 1 nitrogen and oxygen atoms in total. The van der Waals surface area contributed by atoms with E-state index in [4.69, 9.17) is 0 Å². The van der Waals surface area contributed by atoms with Gasteiger partial charge in [0.1, 0.15) is 0 Å². The minimum Gasteiger partial charge on any atom is -0.295 e. The van der Waals surface area contributed by atoms with E-state index in [9.17, 15) is 4.79 Å². The zero-order valence-corrected chi connectivity index (χ0v) is 11.8. The topological polar surface area (TPSA) is 17.1 Å². The fourth-order valence-electron chi connectivity index (χ4n) is 2.99. The van der Waals surface area contributed by atoms with Crippen molar-refractivity contribution in [2.75, 3.05) is 0 Å². The Balaban J connectivity index is 3.18. The number of rotatable bonds is 4. The Bertz CT molecular complexity index is 279. The predicted molar refractivity (Wildman–Crippen MR) is 68.7 cm³/mol. The number of carbonyl (C=O) groups excluding carboxylic acids is 1. The lowest BCUT2D eigenvalue weighted by Crippen LogP contribution is -2.37. The molecule has 0 aromatic rings. The molecule has 0 saturated heterocycles. The number of carbonyl (C=O) groups is 1. The Hall–Kier alpha value is -0.373. The van der Waals surface area contributed by atoms with Gasteiger partial charge in [0.05, 0.1) is 8.07 Å². The third-order valence-electron chi connectivity index (χ3n) is 4.46. The summed E-state index contributed by atoms with van der Waals surface area (Å²) in [5, 5.41) is 1.31. The van der Waals surface area contributed by atoms with Crippen LogP contribution in [0.3, 0.4) is 0 Å². The monoisotopic (exact) mass is 224 g/mol. The van der Waals surface area contributed by atoms with Gasteiger partial charge in [-0.3, -0.25) is 4.79 Å². The van der Waals surface area contributed by atoms with Crippen LogP contribution in [-0.2, 0) is 4.79 Å². The van der Waals surface area contributed by atoms with Crippen molar-refractivity contribution < 1.29 is 4.79 Å². The van der Waals surface area contributed by atoms with Crippen LogP contribution in [0.15, 0.2) is 10.8 Å². The molecule has 15 heavy (non-hydrogen) atoms. The van der Waals surface area contributed by atoms with Crippen molar-refractivity contribution in [2.24, 2.45) is 5.92 Å². The third-order valence-corrected chi connectivity index (χ3v) is 10.3. The van der Waals surface area contributed by atoms with E-state index in [1.165, 1.54) is 28.9 Å². The van der Waals surface area contributed by atoms with Crippen molar-refractivity contribution in [3.05, 3.63) is 10.8 Å². The highest BCUT2D eigenvalue weighted by Gasteiger charge is 2.40. The molecule has 2 heteroatoms. The van der Waals surface area contributed by atoms with Gasteiger partial charge >= 0.3 is 0 Å². The van der Waals surface area contributed by atoms with Gasteiger partial charge in [0.15, 0.2) is 5.78 Å². The lowest BCUT2D eigenvalue weighted by Gasteiger charge is -2.30. The first-order valence-corrected chi connectivity index (χ1v) is 8.89. The van der Waals surface area contributed by atoms with Crippen molar-refractivity contribution in [1.82, 2.24) is 0 Å². The molecule has 1 aliphatic carbocycles. The summed E-state index contributed by atoms with van der Waals surface area (Å²) in [4.78, 5) is 12.1. The summed E-state index contributed by atoms with van der Waals surface area (Å²) in [5.41, 5.74) is 1.41. The second-order valence-electron chi connectivity index (χ2n) is 4.93. The van der Waals surface area contributed by atoms with Crippen LogP contribution < -0.4 is 0 Å². The quantitative estimate of drug-likeness (QED) is 0.661. The molecule has 0 saturated carbocycles. The lowest BCUT2D eigenvalue weighted by molar-refractivity contribution is -0.114. The van der Waals surface area contributed by atoms with Crippen LogP contribution in [0.25, 0.3) is 0 Å². The molecule has 0 heterocycles. The SMILES string of the molecule is CC[Si](CC)(CC)C1=C(C)C(C)CC1=O. The molecule has 1 aliphatic rings. The van der Waals surface area contributed by atoms with E-state index in [-0.39, 0.29) is 0 Å². The van der Waals surface area contributed by atoms with Gasteiger partial charge in [-0.2, -0.15) is 0 Å². The Morgan fingerprint density at radius 3 is 1.93 bits per heavy atom. The van der Waals surface area contributed by atoms with Gasteiger partial charge in [-0.15, -0.1) is 0 Å². The number of hydrogen-bond donors (Lipinski definition) is 0. The highest BCUT2D eigenvalue weighted by molar-refractivity contribution is 6.90. The highest BCUT2D eigenvalue weighted by atomic mass is 28.3. The summed E-state index contributed by atoms with van der Waals surface area (Å²) in [6, 6.07) is 3.68. The van der Waals surface area contributed by atoms with Gasteiger partial charge in [-0.25, -0.2) is 0 Å². The number of ketones is 1. The normalized spacial score (nSPS) is 22.7. The van der Waals surface area contributed by atoms with E-state index in [1.807, 2.05) is 0 Å². The lowest BCUT2D eigenvalue weighted by atomic mass is 10.1. The van der Waals surface area contributed by atoms with Crippen molar-refractivity contribution in [3.63, 3.8) is 0 Å². The Morgan fingerprint density at radius 2 is 1.67 bits per heavy atom. The van der Waals surface area contributed by atoms with Crippen molar-refractivity contribution in [2.45, 2.75) is 59.2 Å². The maximum absolute atomic E-state index is 12.1. The summed E-state index contributed by atoms with van der Waals surface area (Å²) in [5.74, 6) is 0.973. The first-order valence-electron chi connectivity index (χ1n) is 6.26. The molecule has 0 aromatic heterocycles. The average Bonchev–Trinajstić information content (AvgIpc) is 2.48. The van der Waals surface area contributed by atoms with E-state index < -0.39 is 8.07 Å². The fourth-order valence-corrected chi connectivity index (χ4v) is 7.33. The van der Waals surface area contributed by atoms with Crippen molar-refractivity contribution >= 4 is 13.9 Å². The van der Waals surface area contributed by atoms with Crippen LogP contribution in [0, 0.1) is 5.92 Å². The first kappa shape index (κ1) is 12.7. The summed E-state index contributed by atoms with van der Waals surface area (Å²) in [6.07, 6.45) is 0.774. The van der Waals surface area contributed by atoms with Gasteiger partial charge in [0.25, 0.3) is 0 Å². The molecule has 0 N–H and O–H groups in total. The smallest absolute Gasteiger partial charge is 0.155 e. The number of Topliss-reactive ketones (excluding diaryl/α,β-unsaturated/α-hetero) is 1. The molecule has 0 spiro atoms. The second kappa shape index (κ2) is 4.65. The van der Waals surface area contributed by atoms with E-state index in [2.05, 4.69) is 34.6 Å². The summed E-state index contributed by atoms with van der Waals surface area (Å²) in [6.45, 7) is 11.2. The summed E-state index contributed by atoms with van der Waals surface area (Å²) >= 11 is 0. The van der Waals surface area contributed by atoms with Gasteiger partial charge in [0, 0.05) is 6.42 Å². The predicted octanol–water partition coefficient (Wildman–Crippen LogP) is 3.96. The molecular weight excluding hydrogens is 200 g/mol. The van der Waals surface area contributed by atoms with Crippen LogP contribution in [-0.4, -0.2) is 13.9 Å². The number of hydrogen-bond acceptors (Lipinski definition) is 1. The van der Waals surface area contributed by atoms with E-state index in [0.717, 1.165) is 6.42 Å². The largest absolute Gasteiger partial charge is 0.295 e. The Kier molecular flexibility index (Phi) is 3.93. The maximum Gasteiger partial charge on any atom is 0.155 e. The fraction of sp³-hybridized carbons (Fsp3) is 0.769. The van der Waals surface area contributed by atoms with Crippen molar-refractivity contribution in [3.8, 4) is 0 Å². The van der Waals surface area contributed by atoms with Gasteiger partial charge in [-0.05, 0) is 18.0 Å². The molecule has 1 unspecified atom stereocenters. The summed E-state index contributed by atoms with van der Waals surface area (Å²) < 4.78 is 0. The molecule has 0 bridgehead atoms. The van der Waals surface area contributed by atoms with E-state index in [1.54, 1.807) is 0 Å². The molecule has 1 atom stereocenters. The van der Waals surface area contributed by atoms with Gasteiger partial charge < -0.3 is 0 Å². The minimum absolute atomic E-state index is 0.470. The molecule has 1 rings (SSSR count). The molecule has 0 fully saturated rings. The van der Waals surface area contributed by atoms with E-state index in [0.29, 0.717) is 11.7 Å². The van der Waals surface area contributed by atoms with Gasteiger partial charge in [-0.1, -0.05) is 51.4 Å². The zero-order valence-electron chi connectivity index (χ0n) is 10.8. The molecule has 0 aromatic carbocycles. The molecule has 0 radical (unpaired) electrons. The molecule has 0 aliphatic heterocycles. The van der Waals surface area contributed by atoms with Crippen LogP contribution in [0.1, 0.15) is 41.0 Å². The van der Waals surface area contributed by atoms with Gasteiger partial charge in [0.2, 0.25) is 0 Å². The van der Waals surface area contributed by atoms with Crippen LogP contribution in [0.5, 0.6) is 0 Å². The van der Waals surface area contributed by atoms with Crippen molar-refractivity contribution in [1.29, 1.82) is 0 Å². The minimum atomic E-state index is -1.42. The average molecular weight is 224 g/mol.